The first-order valence-electron chi connectivity index (χ1n) is 8.15. The minimum absolute atomic E-state index is 0.0411. The first-order chi connectivity index (χ1) is 12.1. The second-order valence-corrected chi connectivity index (χ2v) is 6.27. The van der Waals surface area contributed by atoms with E-state index in [9.17, 15) is 13.6 Å². The standard InChI is InChI=1S/C21H15F2NO/c22-19-10-15-9-14(13-5-2-1-3-6-13)11-20(25)17(15)12-18(19)16-7-4-8-24-21(16)23/h1-8,10,12,14H,9,11H2. The maximum absolute atomic E-state index is 14.6. The molecular formula is C21H15F2NO. The Morgan fingerprint density at radius 2 is 1.68 bits per heavy atom. The molecule has 0 aliphatic heterocycles. The summed E-state index contributed by atoms with van der Waals surface area (Å²) in [4.78, 5) is 16.2. The fourth-order valence-corrected chi connectivity index (χ4v) is 3.47. The van der Waals surface area contributed by atoms with Gasteiger partial charge in [-0.1, -0.05) is 30.3 Å². The van der Waals surface area contributed by atoms with Crippen LogP contribution in [0.25, 0.3) is 11.1 Å². The Bertz CT molecular complexity index is 953. The number of halogens is 2. The van der Waals surface area contributed by atoms with Crippen LogP contribution in [0.2, 0.25) is 0 Å². The first-order valence-corrected chi connectivity index (χ1v) is 8.15. The molecule has 0 spiro atoms. The molecule has 0 N–H and O–H groups in total. The number of carbonyl (C=O) groups excluding carboxylic acids is 1. The summed E-state index contributed by atoms with van der Waals surface area (Å²) in [7, 11) is 0. The van der Waals surface area contributed by atoms with Crippen LogP contribution in [0.5, 0.6) is 0 Å². The number of aromatic nitrogens is 1. The molecule has 2 nitrogen and oxygen atoms in total. The lowest BCUT2D eigenvalue weighted by Gasteiger charge is -2.25. The third kappa shape index (κ3) is 2.84. The average molecular weight is 335 g/mol. The van der Waals surface area contributed by atoms with Crippen LogP contribution < -0.4 is 0 Å². The fraction of sp³-hybridized carbons (Fsp3) is 0.143. The van der Waals surface area contributed by atoms with Crippen molar-refractivity contribution in [1.29, 1.82) is 0 Å². The molecule has 0 saturated carbocycles. The number of hydrogen-bond acceptors (Lipinski definition) is 2. The van der Waals surface area contributed by atoms with Crippen LogP contribution in [0, 0.1) is 11.8 Å². The van der Waals surface area contributed by atoms with E-state index >= 15 is 0 Å². The van der Waals surface area contributed by atoms with Crippen molar-refractivity contribution < 1.29 is 13.6 Å². The molecule has 1 aromatic heterocycles. The van der Waals surface area contributed by atoms with Gasteiger partial charge >= 0.3 is 0 Å². The van der Waals surface area contributed by atoms with E-state index in [2.05, 4.69) is 4.98 Å². The quantitative estimate of drug-likeness (QED) is 0.621. The van der Waals surface area contributed by atoms with Crippen molar-refractivity contribution in [2.75, 3.05) is 0 Å². The van der Waals surface area contributed by atoms with Gasteiger partial charge in [0.1, 0.15) is 5.82 Å². The lowest BCUT2D eigenvalue weighted by atomic mass is 9.78. The van der Waals surface area contributed by atoms with Gasteiger partial charge in [0.25, 0.3) is 0 Å². The van der Waals surface area contributed by atoms with E-state index in [4.69, 9.17) is 0 Å². The molecule has 4 heteroatoms. The van der Waals surface area contributed by atoms with Crippen molar-refractivity contribution in [3.63, 3.8) is 0 Å². The Balaban J connectivity index is 1.77. The molecule has 0 amide bonds. The van der Waals surface area contributed by atoms with Gasteiger partial charge in [-0.3, -0.25) is 4.79 Å². The molecule has 3 aromatic rings. The largest absolute Gasteiger partial charge is 0.294 e. The molecule has 0 saturated heterocycles. The van der Waals surface area contributed by atoms with E-state index in [1.807, 2.05) is 30.3 Å². The van der Waals surface area contributed by atoms with Crippen molar-refractivity contribution in [3.8, 4) is 11.1 Å². The Hall–Kier alpha value is -2.88. The molecule has 1 aliphatic rings. The number of benzene rings is 2. The number of fused-ring (bicyclic) bond motifs is 1. The SMILES string of the molecule is O=C1CC(c2ccccc2)Cc2cc(F)c(-c3cccnc3F)cc21. The molecule has 124 valence electrons. The van der Waals surface area contributed by atoms with E-state index in [-0.39, 0.29) is 22.8 Å². The first kappa shape index (κ1) is 15.6. The smallest absolute Gasteiger partial charge is 0.220 e. The Kier molecular flexibility index (Phi) is 3.88. The van der Waals surface area contributed by atoms with Crippen molar-refractivity contribution in [2.24, 2.45) is 0 Å². The topological polar surface area (TPSA) is 30.0 Å². The van der Waals surface area contributed by atoms with Gasteiger partial charge in [0.2, 0.25) is 5.95 Å². The minimum Gasteiger partial charge on any atom is -0.294 e. The second kappa shape index (κ2) is 6.20. The summed E-state index contributed by atoms with van der Waals surface area (Å²) in [6.45, 7) is 0. The van der Waals surface area contributed by atoms with Gasteiger partial charge in [-0.25, -0.2) is 9.37 Å². The number of rotatable bonds is 2. The number of hydrogen-bond donors (Lipinski definition) is 0. The molecule has 1 aliphatic carbocycles. The van der Waals surface area contributed by atoms with Crippen molar-refractivity contribution in [2.45, 2.75) is 18.8 Å². The average Bonchev–Trinajstić information content (AvgIpc) is 2.62. The van der Waals surface area contributed by atoms with E-state index in [0.717, 1.165) is 5.56 Å². The van der Waals surface area contributed by atoms with Gasteiger partial charge in [0.15, 0.2) is 5.78 Å². The summed E-state index contributed by atoms with van der Waals surface area (Å²) in [5, 5.41) is 0. The van der Waals surface area contributed by atoms with Gasteiger partial charge in [-0.05, 0) is 47.7 Å². The molecule has 1 atom stereocenters. The predicted octanol–water partition coefficient (Wildman–Crippen LogP) is 4.94. The zero-order valence-electron chi connectivity index (χ0n) is 13.4. The number of nitrogens with zero attached hydrogens (tertiary/aromatic N) is 1. The molecular weight excluding hydrogens is 320 g/mol. The van der Waals surface area contributed by atoms with Crippen molar-refractivity contribution in [3.05, 3.63) is 89.2 Å². The summed E-state index contributed by atoms with van der Waals surface area (Å²) in [5.41, 5.74) is 2.38. The Morgan fingerprint density at radius 1 is 0.880 bits per heavy atom. The summed E-state index contributed by atoms with van der Waals surface area (Å²) in [5.74, 6) is -1.28. The van der Waals surface area contributed by atoms with Gasteiger partial charge in [-0.2, -0.15) is 4.39 Å². The molecule has 0 radical (unpaired) electrons. The Morgan fingerprint density at radius 3 is 2.44 bits per heavy atom. The van der Waals surface area contributed by atoms with E-state index < -0.39 is 11.8 Å². The fourth-order valence-electron chi connectivity index (χ4n) is 3.47. The lowest BCUT2D eigenvalue weighted by molar-refractivity contribution is 0.0964. The summed E-state index contributed by atoms with van der Waals surface area (Å²) in [6.07, 6.45) is 2.28. The van der Waals surface area contributed by atoms with Gasteiger partial charge in [0, 0.05) is 29.3 Å². The van der Waals surface area contributed by atoms with Crippen molar-refractivity contribution in [1.82, 2.24) is 4.98 Å². The third-order valence-corrected chi connectivity index (χ3v) is 4.71. The zero-order chi connectivity index (χ0) is 17.4. The summed E-state index contributed by atoms with van der Waals surface area (Å²) in [6, 6.07) is 15.6. The van der Waals surface area contributed by atoms with E-state index in [1.165, 1.54) is 24.4 Å². The summed E-state index contributed by atoms with van der Waals surface area (Å²) < 4.78 is 28.5. The number of Topliss-reactive ketones (excluding diaryl/α,β-unsaturated/α-hetero) is 1. The third-order valence-electron chi connectivity index (χ3n) is 4.71. The highest BCUT2D eigenvalue weighted by Crippen LogP contribution is 2.36. The second-order valence-electron chi connectivity index (χ2n) is 6.27. The molecule has 1 unspecified atom stereocenters. The van der Waals surface area contributed by atoms with Crippen LogP contribution in [0.4, 0.5) is 8.78 Å². The highest BCUT2D eigenvalue weighted by Gasteiger charge is 2.28. The van der Waals surface area contributed by atoms with Gasteiger partial charge < -0.3 is 0 Å². The molecule has 2 aromatic carbocycles. The maximum Gasteiger partial charge on any atom is 0.220 e. The normalized spacial score (nSPS) is 16.6. The molecule has 1 heterocycles. The molecule has 4 rings (SSSR count). The van der Waals surface area contributed by atoms with Crippen LogP contribution in [-0.2, 0) is 6.42 Å². The van der Waals surface area contributed by atoms with E-state index in [1.54, 1.807) is 6.07 Å². The van der Waals surface area contributed by atoms with Crippen LogP contribution in [0.15, 0.2) is 60.8 Å². The Labute approximate surface area is 144 Å². The highest BCUT2D eigenvalue weighted by atomic mass is 19.1. The molecule has 0 bridgehead atoms. The van der Waals surface area contributed by atoms with Crippen molar-refractivity contribution >= 4 is 5.78 Å². The highest BCUT2D eigenvalue weighted by molar-refractivity contribution is 6.00. The molecule has 25 heavy (non-hydrogen) atoms. The minimum atomic E-state index is -0.744. The van der Waals surface area contributed by atoms with Gasteiger partial charge in [-0.15, -0.1) is 0 Å². The maximum atomic E-state index is 14.6. The van der Waals surface area contributed by atoms with Crippen LogP contribution in [0.3, 0.4) is 0 Å². The summed E-state index contributed by atoms with van der Waals surface area (Å²) >= 11 is 0. The number of ketones is 1. The van der Waals surface area contributed by atoms with E-state index in [0.29, 0.717) is 24.0 Å². The van der Waals surface area contributed by atoms with Crippen LogP contribution in [0.1, 0.15) is 33.8 Å². The lowest BCUT2D eigenvalue weighted by Crippen LogP contribution is -2.19. The molecule has 0 fully saturated rings. The van der Waals surface area contributed by atoms with Crippen LogP contribution >= 0.6 is 0 Å². The predicted molar refractivity (Wildman–Crippen MR) is 91.4 cm³/mol. The van der Waals surface area contributed by atoms with Crippen LogP contribution in [-0.4, -0.2) is 10.8 Å². The number of pyridine rings is 1. The monoisotopic (exact) mass is 335 g/mol. The van der Waals surface area contributed by atoms with Gasteiger partial charge in [0.05, 0.1) is 0 Å². The zero-order valence-corrected chi connectivity index (χ0v) is 13.4. The number of carbonyl (C=O) groups is 1.